The SMILES string of the molecule is Cc1cc(CN2CC[C@@H]3C[C@H](C(=O)N4CCOCC4)O[C@H]3C2)no1. The van der Waals surface area contributed by atoms with E-state index in [0.717, 1.165) is 43.9 Å². The standard InChI is InChI=1S/C17H25N3O4/c1-12-8-14(18-24-12)10-19-3-2-13-9-15(23-16(13)11-19)17(21)20-4-6-22-7-5-20/h8,13,15-16H,2-7,9-11H2,1H3/t13-,15-,16+/m1/s1. The van der Waals surface area contributed by atoms with Gasteiger partial charge in [0, 0.05) is 32.2 Å². The molecule has 1 aromatic rings. The summed E-state index contributed by atoms with van der Waals surface area (Å²) >= 11 is 0. The van der Waals surface area contributed by atoms with Crippen LogP contribution in [0, 0.1) is 12.8 Å². The second-order valence-corrected chi connectivity index (χ2v) is 7.05. The summed E-state index contributed by atoms with van der Waals surface area (Å²) in [5.41, 5.74) is 0.963. The second-order valence-electron chi connectivity index (χ2n) is 7.05. The van der Waals surface area contributed by atoms with Crippen molar-refractivity contribution in [3.8, 4) is 0 Å². The van der Waals surface area contributed by atoms with E-state index in [9.17, 15) is 4.79 Å². The molecular weight excluding hydrogens is 310 g/mol. The lowest BCUT2D eigenvalue weighted by molar-refractivity contribution is -0.147. The number of amides is 1. The third kappa shape index (κ3) is 3.34. The first-order chi connectivity index (χ1) is 11.7. The van der Waals surface area contributed by atoms with E-state index in [1.54, 1.807) is 0 Å². The van der Waals surface area contributed by atoms with Crippen molar-refractivity contribution in [2.24, 2.45) is 5.92 Å². The fraction of sp³-hybridized carbons (Fsp3) is 0.765. The molecule has 0 aromatic carbocycles. The summed E-state index contributed by atoms with van der Waals surface area (Å²) in [6.07, 6.45) is 1.82. The molecule has 3 saturated heterocycles. The molecule has 7 nitrogen and oxygen atoms in total. The van der Waals surface area contributed by atoms with E-state index in [1.807, 2.05) is 17.9 Å². The van der Waals surface area contributed by atoms with Crippen molar-refractivity contribution in [2.75, 3.05) is 39.4 Å². The molecule has 0 spiro atoms. The number of aryl methyl sites for hydroxylation is 1. The Morgan fingerprint density at radius 3 is 2.92 bits per heavy atom. The van der Waals surface area contributed by atoms with Crippen molar-refractivity contribution in [1.82, 2.24) is 15.0 Å². The van der Waals surface area contributed by atoms with Crippen LogP contribution in [0.5, 0.6) is 0 Å². The van der Waals surface area contributed by atoms with Crippen molar-refractivity contribution in [3.63, 3.8) is 0 Å². The molecule has 4 heterocycles. The summed E-state index contributed by atoms with van der Waals surface area (Å²) in [5, 5.41) is 4.07. The maximum atomic E-state index is 12.6. The largest absolute Gasteiger partial charge is 0.378 e. The molecule has 1 amide bonds. The van der Waals surface area contributed by atoms with Gasteiger partial charge >= 0.3 is 0 Å². The Hall–Kier alpha value is -1.44. The van der Waals surface area contributed by atoms with Gasteiger partial charge in [-0.3, -0.25) is 9.69 Å². The number of aromatic nitrogens is 1. The summed E-state index contributed by atoms with van der Waals surface area (Å²) in [4.78, 5) is 16.9. The number of morpholine rings is 1. The van der Waals surface area contributed by atoms with Crippen LogP contribution in [0.2, 0.25) is 0 Å². The topological polar surface area (TPSA) is 68.0 Å². The molecule has 3 aliphatic rings. The lowest BCUT2D eigenvalue weighted by Crippen LogP contribution is -2.46. The Morgan fingerprint density at radius 2 is 2.17 bits per heavy atom. The Morgan fingerprint density at radius 1 is 1.33 bits per heavy atom. The first-order valence-electron chi connectivity index (χ1n) is 8.85. The van der Waals surface area contributed by atoms with E-state index in [0.29, 0.717) is 32.2 Å². The highest BCUT2D eigenvalue weighted by atomic mass is 16.5. The third-order valence-corrected chi connectivity index (χ3v) is 5.30. The molecule has 0 N–H and O–H groups in total. The fourth-order valence-electron chi connectivity index (χ4n) is 4.01. The van der Waals surface area contributed by atoms with Crippen LogP contribution < -0.4 is 0 Å². The Kier molecular flexibility index (Phi) is 4.56. The smallest absolute Gasteiger partial charge is 0.251 e. The maximum Gasteiger partial charge on any atom is 0.251 e. The average Bonchev–Trinajstić information content (AvgIpc) is 3.20. The number of piperidine rings is 1. The first-order valence-corrected chi connectivity index (χ1v) is 8.85. The number of likely N-dealkylation sites (tertiary alicyclic amines) is 1. The number of nitrogens with zero attached hydrogens (tertiary/aromatic N) is 3. The molecule has 3 aliphatic heterocycles. The van der Waals surface area contributed by atoms with Gasteiger partial charge in [-0.1, -0.05) is 5.16 Å². The van der Waals surface area contributed by atoms with Gasteiger partial charge in [0.1, 0.15) is 11.9 Å². The quantitative estimate of drug-likeness (QED) is 0.815. The third-order valence-electron chi connectivity index (χ3n) is 5.30. The van der Waals surface area contributed by atoms with E-state index in [4.69, 9.17) is 14.0 Å². The zero-order valence-corrected chi connectivity index (χ0v) is 14.1. The van der Waals surface area contributed by atoms with Crippen molar-refractivity contribution in [1.29, 1.82) is 0 Å². The van der Waals surface area contributed by atoms with Crippen LogP contribution in [-0.2, 0) is 20.8 Å². The summed E-state index contributed by atoms with van der Waals surface area (Å²) in [6.45, 7) is 7.22. The first kappa shape index (κ1) is 16.1. The summed E-state index contributed by atoms with van der Waals surface area (Å²) < 4.78 is 16.6. The molecule has 7 heteroatoms. The number of hydrogen-bond donors (Lipinski definition) is 0. The van der Waals surface area contributed by atoms with Gasteiger partial charge in [-0.2, -0.15) is 0 Å². The molecular formula is C17H25N3O4. The van der Waals surface area contributed by atoms with Gasteiger partial charge in [0.05, 0.1) is 25.0 Å². The average molecular weight is 335 g/mol. The molecule has 0 radical (unpaired) electrons. The van der Waals surface area contributed by atoms with Gasteiger partial charge in [0.2, 0.25) is 0 Å². The van der Waals surface area contributed by atoms with Crippen LogP contribution in [0.4, 0.5) is 0 Å². The minimum absolute atomic E-state index is 0.145. The summed E-state index contributed by atoms with van der Waals surface area (Å²) in [6, 6.07) is 1.98. The minimum atomic E-state index is -0.271. The molecule has 3 fully saturated rings. The number of ether oxygens (including phenoxy) is 2. The minimum Gasteiger partial charge on any atom is -0.378 e. The number of hydrogen-bond acceptors (Lipinski definition) is 6. The number of carbonyl (C=O) groups excluding carboxylic acids is 1. The monoisotopic (exact) mass is 335 g/mol. The van der Waals surface area contributed by atoms with Crippen molar-refractivity contribution in [2.45, 2.75) is 38.5 Å². The number of rotatable bonds is 3. The van der Waals surface area contributed by atoms with Crippen LogP contribution in [-0.4, -0.2) is 72.5 Å². The molecule has 24 heavy (non-hydrogen) atoms. The van der Waals surface area contributed by atoms with Crippen LogP contribution in [0.15, 0.2) is 10.6 Å². The van der Waals surface area contributed by atoms with Gasteiger partial charge in [-0.05, 0) is 32.2 Å². The Bertz CT molecular complexity index is 584. The Balaban J connectivity index is 1.32. The van der Waals surface area contributed by atoms with Gasteiger partial charge in [-0.15, -0.1) is 0 Å². The van der Waals surface area contributed by atoms with Crippen LogP contribution in [0.1, 0.15) is 24.3 Å². The van der Waals surface area contributed by atoms with Crippen LogP contribution in [0.3, 0.4) is 0 Å². The maximum absolute atomic E-state index is 12.6. The van der Waals surface area contributed by atoms with E-state index < -0.39 is 0 Å². The summed E-state index contributed by atoms with van der Waals surface area (Å²) in [5.74, 6) is 1.48. The van der Waals surface area contributed by atoms with Gasteiger partial charge < -0.3 is 18.9 Å². The summed E-state index contributed by atoms with van der Waals surface area (Å²) in [7, 11) is 0. The molecule has 0 bridgehead atoms. The van der Waals surface area contributed by atoms with Crippen molar-refractivity contribution < 1.29 is 18.8 Å². The molecule has 0 aliphatic carbocycles. The highest BCUT2D eigenvalue weighted by molar-refractivity contribution is 5.81. The highest BCUT2D eigenvalue weighted by Crippen LogP contribution is 2.34. The van der Waals surface area contributed by atoms with E-state index in [-0.39, 0.29) is 18.1 Å². The van der Waals surface area contributed by atoms with Crippen molar-refractivity contribution >= 4 is 5.91 Å². The molecule has 4 rings (SSSR count). The molecule has 1 aromatic heterocycles. The Labute approximate surface area is 141 Å². The zero-order valence-electron chi connectivity index (χ0n) is 14.1. The number of fused-ring (bicyclic) bond motifs is 1. The van der Waals surface area contributed by atoms with E-state index >= 15 is 0 Å². The fourth-order valence-corrected chi connectivity index (χ4v) is 4.01. The normalized spacial score (nSPS) is 31.2. The lowest BCUT2D eigenvalue weighted by Gasteiger charge is -2.33. The van der Waals surface area contributed by atoms with Gasteiger partial charge in [-0.25, -0.2) is 0 Å². The van der Waals surface area contributed by atoms with Crippen molar-refractivity contribution in [3.05, 3.63) is 17.5 Å². The number of carbonyl (C=O) groups is 1. The molecule has 0 unspecified atom stereocenters. The van der Waals surface area contributed by atoms with Crippen LogP contribution >= 0.6 is 0 Å². The highest BCUT2D eigenvalue weighted by Gasteiger charge is 2.43. The lowest BCUT2D eigenvalue weighted by atomic mass is 9.91. The molecule has 132 valence electrons. The molecule has 0 saturated carbocycles. The van der Waals surface area contributed by atoms with Crippen LogP contribution in [0.25, 0.3) is 0 Å². The second kappa shape index (κ2) is 6.82. The molecule has 3 atom stereocenters. The van der Waals surface area contributed by atoms with Gasteiger partial charge in [0.25, 0.3) is 5.91 Å². The predicted octanol–water partition coefficient (Wildman–Crippen LogP) is 0.821. The van der Waals surface area contributed by atoms with E-state index in [1.165, 1.54) is 0 Å². The zero-order chi connectivity index (χ0) is 16.5. The van der Waals surface area contributed by atoms with Gasteiger partial charge in [0.15, 0.2) is 0 Å². The predicted molar refractivity (Wildman–Crippen MR) is 85.3 cm³/mol. The van der Waals surface area contributed by atoms with E-state index in [2.05, 4.69) is 10.1 Å².